The third-order valence-electron chi connectivity index (χ3n) is 2.59. The lowest BCUT2D eigenvalue weighted by molar-refractivity contribution is -0.139. The van der Waals surface area contributed by atoms with Gasteiger partial charge in [0.1, 0.15) is 11.3 Å². The summed E-state index contributed by atoms with van der Waals surface area (Å²) in [6.45, 7) is 3.36. The molecule has 2 aromatic rings. The van der Waals surface area contributed by atoms with Crippen molar-refractivity contribution in [2.75, 3.05) is 12.4 Å². The molecule has 2 heterocycles. The molecule has 0 fully saturated rings. The Morgan fingerprint density at radius 2 is 2.20 bits per heavy atom. The van der Waals surface area contributed by atoms with Crippen molar-refractivity contribution in [3.8, 4) is 0 Å². The molecule has 0 aromatic carbocycles. The molecule has 8 heteroatoms. The first-order valence-electron chi connectivity index (χ1n) is 5.76. The summed E-state index contributed by atoms with van der Waals surface area (Å²) in [4.78, 5) is 27.3. The molecule has 0 bridgehead atoms. The number of nitrogens with zero attached hydrogens (tertiary/aromatic N) is 2. The molecule has 1 amide bonds. The smallest absolute Gasteiger partial charge is 0.311 e. The molecule has 0 atom stereocenters. The number of hydrogen-bond acceptors (Lipinski definition) is 7. The minimum absolute atomic E-state index is 0.0776. The summed E-state index contributed by atoms with van der Waals surface area (Å²) in [6, 6.07) is 0. The van der Waals surface area contributed by atoms with E-state index < -0.39 is 0 Å². The van der Waals surface area contributed by atoms with Gasteiger partial charge in [-0.3, -0.25) is 14.9 Å². The third kappa shape index (κ3) is 3.02. The highest BCUT2D eigenvalue weighted by molar-refractivity contribution is 7.14. The number of rotatable bonds is 4. The maximum absolute atomic E-state index is 12.1. The maximum atomic E-state index is 12.1. The quantitative estimate of drug-likeness (QED) is 0.863. The molecular weight excluding hydrogens is 282 g/mol. The van der Waals surface area contributed by atoms with Gasteiger partial charge in [0, 0.05) is 5.38 Å². The normalized spacial score (nSPS) is 10.3. The largest absolute Gasteiger partial charge is 0.469 e. The van der Waals surface area contributed by atoms with Crippen molar-refractivity contribution in [1.82, 2.24) is 10.1 Å². The third-order valence-corrected chi connectivity index (χ3v) is 3.39. The van der Waals surface area contributed by atoms with Crippen molar-refractivity contribution in [2.24, 2.45) is 0 Å². The molecular formula is C12H13N3O4S. The maximum Gasteiger partial charge on any atom is 0.311 e. The van der Waals surface area contributed by atoms with Crippen LogP contribution in [0, 0.1) is 13.8 Å². The van der Waals surface area contributed by atoms with Crippen LogP contribution in [0.15, 0.2) is 9.90 Å². The number of anilines is 1. The van der Waals surface area contributed by atoms with Crippen molar-refractivity contribution >= 4 is 28.3 Å². The van der Waals surface area contributed by atoms with E-state index in [-0.39, 0.29) is 18.3 Å². The lowest BCUT2D eigenvalue weighted by atomic mass is 10.2. The summed E-state index contributed by atoms with van der Waals surface area (Å²) in [7, 11) is 1.31. The van der Waals surface area contributed by atoms with E-state index in [9.17, 15) is 9.59 Å². The zero-order chi connectivity index (χ0) is 14.7. The zero-order valence-corrected chi connectivity index (χ0v) is 12.0. The molecule has 1 N–H and O–H groups in total. The van der Waals surface area contributed by atoms with E-state index in [1.165, 1.54) is 18.4 Å². The fourth-order valence-electron chi connectivity index (χ4n) is 1.63. The number of amides is 1. The van der Waals surface area contributed by atoms with Crippen LogP contribution in [-0.2, 0) is 16.0 Å². The number of aromatic nitrogens is 2. The van der Waals surface area contributed by atoms with E-state index in [1.54, 1.807) is 19.2 Å². The molecule has 106 valence electrons. The van der Waals surface area contributed by atoms with Crippen molar-refractivity contribution in [3.05, 3.63) is 28.1 Å². The summed E-state index contributed by atoms with van der Waals surface area (Å²) in [6.07, 6.45) is 0.0776. The number of esters is 1. The highest BCUT2D eigenvalue weighted by atomic mass is 32.1. The number of nitrogens with one attached hydrogen (secondary N) is 1. The Morgan fingerprint density at radius 1 is 1.45 bits per heavy atom. The van der Waals surface area contributed by atoms with E-state index in [2.05, 4.69) is 20.2 Å². The Bertz CT molecular complexity index is 627. The molecule has 0 unspecified atom stereocenters. The lowest BCUT2D eigenvalue weighted by Crippen LogP contribution is -2.13. The van der Waals surface area contributed by atoms with Gasteiger partial charge in [-0.25, -0.2) is 4.98 Å². The van der Waals surface area contributed by atoms with Crippen LogP contribution in [0.5, 0.6) is 0 Å². The van der Waals surface area contributed by atoms with Crippen LogP contribution >= 0.6 is 11.3 Å². The van der Waals surface area contributed by atoms with Crippen molar-refractivity contribution in [3.63, 3.8) is 0 Å². The number of carbonyl (C=O) groups is 2. The minimum Gasteiger partial charge on any atom is -0.469 e. The SMILES string of the molecule is COC(=O)Cc1csc(NC(=O)c2c(C)noc2C)n1. The van der Waals surface area contributed by atoms with Gasteiger partial charge in [0.2, 0.25) is 0 Å². The molecule has 0 spiro atoms. The van der Waals surface area contributed by atoms with Crippen molar-refractivity contribution < 1.29 is 18.8 Å². The Labute approximate surface area is 118 Å². The molecule has 0 radical (unpaired) electrons. The van der Waals surface area contributed by atoms with Crippen LogP contribution in [0.25, 0.3) is 0 Å². The van der Waals surface area contributed by atoms with Gasteiger partial charge in [0.15, 0.2) is 5.13 Å². The molecule has 0 saturated carbocycles. The standard InChI is InChI=1S/C12H13N3O4S/c1-6-10(7(2)19-15-6)11(17)14-12-13-8(5-20-12)4-9(16)18-3/h5H,4H2,1-3H3,(H,13,14,17). The van der Waals surface area contributed by atoms with Crippen LogP contribution in [0.3, 0.4) is 0 Å². The molecule has 0 saturated heterocycles. The second-order valence-electron chi connectivity index (χ2n) is 4.05. The number of ether oxygens (including phenoxy) is 1. The molecule has 0 aliphatic rings. The number of methoxy groups -OCH3 is 1. The summed E-state index contributed by atoms with van der Waals surface area (Å²) < 4.78 is 9.49. The summed E-state index contributed by atoms with van der Waals surface area (Å²) in [5.41, 5.74) is 1.47. The Morgan fingerprint density at radius 3 is 2.80 bits per heavy atom. The summed E-state index contributed by atoms with van der Waals surface area (Å²) in [5.74, 6) is -0.259. The predicted octanol–water partition coefficient (Wildman–Crippen LogP) is 1.72. The van der Waals surface area contributed by atoms with Crippen LogP contribution in [0.1, 0.15) is 27.5 Å². The first-order valence-corrected chi connectivity index (χ1v) is 6.64. The monoisotopic (exact) mass is 295 g/mol. The Balaban J connectivity index is 2.07. The van der Waals surface area contributed by atoms with E-state index in [4.69, 9.17) is 4.52 Å². The Hall–Kier alpha value is -2.22. The number of thiazole rings is 1. The highest BCUT2D eigenvalue weighted by Gasteiger charge is 2.18. The van der Waals surface area contributed by atoms with Gasteiger partial charge in [-0.15, -0.1) is 11.3 Å². The average molecular weight is 295 g/mol. The van der Waals surface area contributed by atoms with Crippen molar-refractivity contribution in [1.29, 1.82) is 0 Å². The van der Waals surface area contributed by atoms with Gasteiger partial charge >= 0.3 is 5.97 Å². The van der Waals surface area contributed by atoms with Gasteiger partial charge in [-0.05, 0) is 13.8 Å². The number of aryl methyl sites for hydroxylation is 2. The second kappa shape index (κ2) is 5.83. The lowest BCUT2D eigenvalue weighted by Gasteiger charge is -2.00. The van der Waals surface area contributed by atoms with Crippen LogP contribution in [-0.4, -0.2) is 29.1 Å². The van der Waals surface area contributed by atoms with Gasteiger partial charge in [-0.2, -0.15) is 0 Å². The fraction of sp³-hybridized carbons (Fsp3) is 0.333. The molecule has 0 aliphatic heterocycles. The van der Waals surface area contributed by atoms with E-state index in [1.807, 2.05) is 0 Å². The van der Waals surface area contributed by atoms with Gasteiger partial charge in [-0.1, -0.05) is 5.16 Å². The van der Waals surface area contributed by atoms with Crippen molar-refractivity contribution in [2.45, 2.75) is 20.3 Å². The Kier molecular flexibility index (Phi) is 4.14. The number of carbonyl (C=O) groups excluding carboxylic acids is 2. The summed E-state index contributed by atoms with van der Waals surface area (Å²) >= 11 is 1.24. The summed E-state index contributed by atoms with van der Waals surface area (Å²) in [5, 5.41) is 8.48. The van der Waals surface area contributed by atoms with Gasteiger partial charge in [0.05, 0.1) is 24.9 Å². The first kappa shape index (κ1) is 14.2. The zero-order valence-electron chi connectivity index (χ0n) is 11.2. The van der Waals surface area contributed by atoms with Crippen LogP contribution in [0.4, 0.5) is 5.13 Å². The minimum atomic E-state index is -0.376. The molecule has 0 aliphatic carbocycles. The highest BCUT2D eigenvalue weighted by Crippen LogP contribution is 2.19. The topological polar surface area (TPSA) is 94.3 Å². The molecule has 2 rings (SSSR count). The van der Waals surface area contributed by atoms with E-state index in [0.717, 1.165) is 0 Å². The molecule has 7 nitrogen and oxygen atoms in total. The van der Waals surface area contributed by atoms with Crippen LogP contribution < -0.4 is 5.32 Å². The molecule has 20 heavy (non-hydrogen) atoms. The molecule has 2 aromatic heterocycles. The van der Waals surface area contributed by atoms with Gasteiger partial charge < -0.3 is 9.26 Å². The van der Waals surface area contributed by atoms with E-state index >= 15 is 0 Å². The predicted molar refractivity (Wildman–Crippen MR) is 71.8 cm³/mol. The van der Waals surface area contributed by atoms with E-state index in [0.29, 0.717) is 27.8 Å². The first-order chi connectivity index (χ1) is 9.51. The van der Waals surface area contributed by atoms with Crippen LogP contribution in [0.2, 0.25) is 0 Å². The second-order valence-corrected chi connectivity index (χ2v) is 4.91. The number of hydrogen-bond donors (Lipinski definition) is 1. The van der Waals surface area contributed by atoms with Gasteiger partial charge in [0.25, 0.3) is 5.91 Å². The average Bonchev–Trinajstić information content (AvgIpc) is 2.96. The fourth-order valence-corrected chi connectivity index (χ4v) is 2.34.